The van der Waals surface area contributed by atoms with Crippen LogP contribution < -0.4 is 4.90 Å². The van der Waals surface area contributed by atoms with Crippen LogP contribution in [0.3, 0.4) is 0 Å². The summed E-state index contributed by atoms with van der Waals surface area (Å²) in [5.74, 6) is -0.0217. The molecule has 1 heterocycles. The third-order valence-corrected chi connectivity index (χ3v) is 3.40. The Morgan fingerprint density at radius 2 is 2.18 bits per heavy atom. The molecule has 4 nitrogen and oxygen atoms in total. The fraction of sp³-hybridized carbons (Fsp3) is 0.333. The van der Waals surface area contributed by atoms with E-state index in [9.17, 15) is 9.59 Å². The van der Waals surface area contributed by atoms with Crippen LogP contribution in [0.2, 0.25) is 0 Å². The molecule has 2 rings (SSSR count). The van der Waals surface area contributed by atoms with Crippen molar-refractivity contribution < 1.29 is 14.3 Å². The Kier molecular flexibility index (Phi) is 3.47. The summed E-state index contributed by atoms with van der Waals surface area (Å²) in [6.45, 7) is 0. The van der Waals surface area contributed by atoms with Crippen molar-refractivity contribution in [2.45, 2.75) is 12.5 Å². The molecule has 1 amide bonds. The van der Waals surface area contributed by atoms with Gasteiger partial charge in [0.2, 0.25) is 0 Å². The number of anilines is 1. The summed E-state index contributed by atoms with van der Waals surface area (Å²) in [5, 5.41) is 0.235. The summed E-state index contributed by atoms with van der Waals surface area (Å²) in [6.07, 6.45) is 0.0599. The zero-order valence-electron chi connectivity index (χ0n) is 9.35. The minimum Gasteiger partial charge on any atom is -0.452 e. The minimum atomic E-state index is -0.491. The van der Waals surface area contributed by atoms with E-state index in [4.69, 9.17) is 4.74 Å². The van der Waals surface area contributed by atoms with E-state index >= 15 is 0 Å². The highest BCUT2D eigenvalue weighted by molar-refractivity contribution is 9.09. The molecule has 0 N–H and O–H groups in total. The minimum absolute atomic E-state index is 0.0217. The zero-order chi connectivity index (χ0) is 12.4. The molecule has 0 aliphatic carbocycles. The number of fused-ring (bicyclic) bond motifs is 1. The Hall–Kier alpha value is -1.36. The number of ether oxygens (including phenoxy) is 1. The molecular weight excluding hydrogens is 286 g/mol. The van der Waals surface area contributed by atoms with Crippen molar-refractivity contribution in [3.05, 3.63) is 29.8 Å². The first-order chi connectivity index (χ1) is 8.19. The first-order valence-electron chi connectivity index (χ1n) is 5.22. The number of hydrogen-bond donors (Lipinski definition) is 0. The molecule has 17 heavy (non-hydrogen) atoms. The second kappa shape index (κ2) is 4.87. The number of para-hydroxylation sites is 1. The maximum Gasteiger partial charge on any atom is 0.414 e. The van der Waals surface area contributed by atoms with E-state index in [1.54, 1.807) is 0 Å². The summed E-state index contributed by atoms with van der Waals surface area (Å²) < 4.78 is 4.74. The van der Waals surface area contributed by atoms with Gasteiger partial charge in [-0.25, -0.2) is 4.79 Å². The Balaban J connectivity index is 2.40. The molecule has 0 saturated heterocycles. The van der Waals surface area contributed by atoms with Crippen LogP contribution in [0.4, 0.5) is 10.5 Å². The first kappa shape index (κ1) is 12.1. The number of methoxy groups -OCH3 is 1. The van der Waals surface area contributed by atoms with Crippen LogP contribution in [-0.2, 0) is 16.0 Å². The number of benzene rings is 1. The molecule has 0 spiro atoms. The van der Waals surface area contributed by atoms with Gasteiger partial charge in [-0.1, -0.05) is 34.1 Å². The number of amides is 1. The second-order valence-electron chi connectivity index (χ2n) is 3.79. The number of carbonyl (C=O) groups is 2. The van der Waals surface area contributed by atoms with Gasteiger partial charge in [0.1, 0.15) is 6.04 Å². The van der Waals surface area contributed by atoms with Crippen molar-refractivity contribution >= 4 is 33.5 Å². The zero-order valence-corrected chi connectivity index (χ0v) is 10.9. The van der Waals surface area contributed by atoms with E-state index in [0.29, 0.717) is 6.42 Å². The van der Waals surface area contributed by atoms with Crippen LogP contribution in [-0.4, -0.2) is 30.4 Å². The largest absolute Gasteiger partial charge is 0.452 e. The summed E-state index contributed by atoms with van der Waals surface area (Å²) >= 11 is 3.14. The Morgan fingerprint density at radius 1 is 1.47 bits per heavy atom. The number of hydrogen-bond acceptors (Lipinski definition) is 3. The highest BCUT2D eigenvalue weighted by Gasteiger charge is 2.38. The van der Waals surface area contributed by atoms with Crippen molar-refractivity contribution in [3.8, 4) is 0 Å². The predicted molar refractivity (Wildman–Crippen MR) is 67.6 cm³/mol. The molecule has 0 aromatic heterocycles. The molecule has 1 aromatic rings. The van der Waals surface area contributed by atoms with Crippen LogP contribution in [0, 0.1) is 0 Å². The number of rotatable bonds is 2. The van der Waals surface area contributed by atoms with E-state index in [1.807, 2.05) is 24.3 Å². The number of carbonyl (C=O) groups excluding carboxylic acids is 2. The molecule has 0 saturated carbocycles. The average molecular weight is 298 g/mol. The SMILES string of the molecule is COC(=O)N1c2ccccc2CC1C(=O)CBr. The van der Waals surface area contributed by atoms with Gasteiger partial charge in [-0.15, -0.1) is 0 Å². The molecule has 5 heteroatoms. The molecule has 90 valence electrons. The van der Waals surface area contributed by atoms with Crippen molar-refractivity contribution in [3.63, 3.8) is 0 Å². The Labute approximate surface area is 108 Å². The smallest absolute Gasteiger partial charge is 0.414 e. The highest BCUT2D eigenvalue weighted by atomic mass is 79.9. The average Bonchev–Trinajstić information content (AvgIpc) is 2.76. The number of Topliss-reactive ketones (excluding diaryl/α,β-unsaturated/α-hetero) is 1. The van der Waals surface area contributed by atoms with Crippen LogP contribution in [0.5, 0.6) is 0 Å². The molecule has 0 fully saturated rings. The van der Waals surface area contributed by atoms with Gasteiger partial charge in [0, 0.05) is 6.42 Å². The molecule has 1 unspecified atom stereocenters. The van der Waals surface area contributed by atoms with Crippen molar-refractivity contribution in [1.29, 1.82) is 0 Å². The van der Waals surface area contributed by atoms with E-state index in [0.717, 1.165) is 11.3 Å². The third-order valence-electron chi connectivity index (χ3n) is 2.85. The summed E-state index contributed by atoms with van der Waals surface area (Å²) in [7, 11) is 1.32. The topological polar surface area (TPSA) is 46.6 Å². The van der Waals surface area contributed by atoms with Gasteiger partial charge in [0.25, 0.3) is 0 Å². The first-order valence-corrected chi connectivity index (χ1v) is 6.35. The van der Waals surface area contributed by atoms with Gasteiger partial charge < -0.3 is 4.74 Å². The van der Waals surface area contributed by atoms with Gasteiger partial charge in [0.05, 0.1) is 18.1 Å². The van der Waals surface area contributed by atoms with Crippen LogP contribution in [0.25, 0.3) is 0 Å². The van der Waals surface area contributed by atoms with Crippen LogP contribution in [0.1, 0.15) is 5.56 Å². The monoisotopic (exact) mass is 297 g/mol. The van der Waals surface area contributed by atoms with Gasteiger partial charge in [0.15, 0.2) is 5.78 Å². The highest BCUT2D eigenvalue weighted by Crippen LogP contribution is 2.33. The second-order valence-corrected chi connectivity index (χ2v) is 4.35. The van der Waals surface area contributed by atoms with E-state index < -0.39 is 12.1 Å². The molecular formula is C12H12BrNO3. The third kappa shape index (κ3) is 2.07. The predicted octanol–water partition coefficient (Wildman–Crippen LogP) is 2.15. The molecule has 0 radical (unpaired) electrons. The number of halogens is 1. The van der Waals surface area contributed by atoms with E-state index in [-0.39, 0.29) is 11.1 Å². The summed E-state index contributed by atoms with van der Waals surface area (Å²) in [4.78, 5) is 25.0. The lowest BCUT2D eigenvalue weighted by molar-refractivity contribution is -0.117. The maximum absolute atomic E-state index is 11.8. The summed E-state index contributed by atoms with van der Waals surface area (Å²) in [5.41, 5.74) is 1.76. The lowest BCUT2D eigenvalue weighted by atomic mass is 10.1. The van der Waals surface area contributed by atoms with E-state index in [2.05, 4.69) is 15.9 Å². The van der Waals surface area contributed by atoms with E-state index in [1.165, 1.54) is 12.0 Å². The number of ketones is 1. The lowest BCUT2D eigenvalue weighted by Gasteiger charge is -2.22. The van der Waals surface area contributed by atoms with Gasteiger partial charge in [-0.3, -0.25) is 9.69 Å². The van der Waals surface area contributed by atoms with Gasteiger partial charge in [-0.2, -0.15) is 0 Å². The number of alkyl halides is 1. The van der Waals surface area contributed by atoms with Crippen LogP contribution >= 0.6 is 15.9 Å². The Bertz CT molecular complexity index is 461. The molecule has 1 aliphatic heterocycles. The van der Waals surface area contributed by atoms with Crippen molar-refractivity contribution in [2.75, 3.05) is 17.3 Å². The van der Waals surface area contributed by atoms with Crippen molar-refractivity contribution in [1.82, 2.24) is 0 Å². The maximum atomic E-state index is 11.8. The molecule has 1 atom stereocenters. The van der Waals surface area contributed by atoms with Gasteiger partial charge in [-0.05, 0) is 11.6 Å². The standard InChI is InChI=1S/C12H12BrNO3/c1-17-12(16)14-9-5-3-2-4-8(9)6-10(14)11(15)7-13/h2-5,10H,6-7H2,1H3. The van der Waals surface area contributed by atoms with Crippen molar-refractivity contribution in [2.24, 2.45) is 0 Å². The fourth-order valence-electron chi connectivity index (χ4n) is 2.06. The molecule has 1 aromatic carbocycles. The quantitative estimate of drug-likeness (QED) is 0.786. The fourth-order valence-corrected chi connectivity index (χ4v) is 2.43. The number of nitrogens with zero attached hydrogens (tertiary/aromatic N) is 1. The lowest BCUT2D eigenvalue weighted by Crippen LogP contribution is -2.43. The van der Waals surface area contributed by atoms with Crippen LogP contribution in [0.15, 0.2) is 24.3 Å². The molecule has 1 aliphatic rings. The molecule has 0 bridgehead atoms. The van der Waals surface area contributed by atoms with Gasteiger partial charge >= 0.3 is 6.09 Å². The Morgan fingerprint density at radius 3 is 2.82 bits per heavy atom. The summed E-state index contributed by atoms with van der Waals surface area (Å²) in [6, 6.07) is 7.03. The normalized spacial score (nSPS) is 17.8.